The van der Waals surface area contributed by atoms with E-state index in [2.05, 4.69) is 4.74 Å². The van der Waals surface area contributed by atoms with Crippen molar-refractivity contribution in [2.75, 3.05) is 0 Å². The van der Waals surface area contributed by atoms with Crippen LogP contribution in [0.2, 0.25) is 0 Å². The lowest BCUT2D eigenvalue weighted by Crippen LogP contribution is -2.06. The summed E-state index contributed by atoms with van der Waals surface area (Å²) in [5.74, 6) is -0.300. The number of hydrogen-bond acceptors (Lipinski definition) is 4. The van der Waals surface area contributed by atoms with Crippen LogP contribution in [0.1, 0.15) is 18.1 Å². The van der Waals surface area contributed by atoms with Crippen LogP contribution in [0, 0.1) is 11.3 Å². The van der Waals surface area contributed by atoms with Gasteiger partial charge in [-0.2, -0.15) is 14.0 Å². The first kappa shape index (κ1) is 14.7. The maximum atomic E-state index is 12.2. The molecule has 0 saturated carbocycles. The summed E-state index contributed by atoms with van der Waals surface area (Å²) in [5, 5.41) is 8.81. The van der Waals surface area contributed by atoms with Gasteiger partial charge in [-0.3, -0.25) is 0 Å². The summed E-state index contributed by atoms with van der Waals surface area (Å²) in [6, 6.07) is 3.66. The van der Waals surface area contributed by atoms with Gasteiger partial charge in [0.25, 0.3) is 9.05 Å². The molecule has 0 bridgehead atoms. The van der Waals surface area contributed by atoms with Crippen molar-refractivity contribution < 1.29 is 21.9 Å². The van der Waals surface area contributed by atoms with Gasteiger partial charge in [0.05, 0.1) is 5.56 Å². The molecule has 0 aromatic heterocycles. The zero-order valence-corrected chi connectivity index (χ0v) is 10.7. The minimum absolute atomic E-state index is 0.205. The Morgan fingerprint density at radius 2 is 2.11 bits per heavy atom. The third-order valence-electron chi connectivity index (χ3n) is 2.14. The molecule has 1 aromatic carbocycles. The Hall–Kier alpha value is -1.39. The first-order valence-corrected chi connectivity index (χ1v) is 7.07. The quantitative estimate of drug-likeness (QED) is 0.801. The molecule has 0 heterocycles. The smallest absolute Gasteiger partial charge is 0.387 e. The van der Waals surface area contributed by atoms with E-state index in [9.17, 15) is 17.2 Å². The zero-order chi connectivity index (χ0) is 13.9. The number of nitrogens with zero attached hydrogens (tertiary/aromatic N) is 1. The molecule has 0 amide bonds. The normalized spacial score (nSPS) is 11.3. The van der Waals surface area contributed by atoms with Gasteiger partial charge in [0.2, 0.25) is 0 Å². The third kappa shape index (κ3) is 3.31. The van der Waals surface area contributed by atoms with E-state index in [0.717, 1.165) is 6.07 Å². The second-order valence-corrected chi connectivity index (χ2v) is 5.77. The van der Waals surface area contributed by atoms with Gasteiger partial charge in [-0.1, -0.05) is 6.92 Å². The fourth-order valence-electron chi connectivity index (χ4n) is 1.38. The van der Waals surface area contributed by atoms with E-state index in [-0.39, 0.29) is 11.3 Å². The molecular weight excluding hydrogens is 288 g/mol. The molecule has 0 atom stereocenters. The summed E-state index contributed by atoms with van der Waals surface area (Å²) in [5.41, 5.74) is 0.0967. The number of aryl methyl sites for hydroxylation is 1. The molecule has 0 saturated heterocycles. The van der Waals surface area contributed by atoms with Gasteiger partial charge >= 0.3 is 6.61 Å². The highest BCUT2D eigenvalue weighted by Crippen LogP contribution is 2.30. The van der Waals surface area contributed by atoms with Crippen LogP contribution in [0.25, 0.3) is 0 Å². The second kappa shape index (κ2) is 5.50. The number of benzene rings is 1. The van der Waals surface area contributed by atoms with Crippen molar-refractivity contribution in [3.63, 3.8) is 0 Å². The molecule has 0 aliphatic heterocycles. The summed E-state index contributed by atoms with van der Waals surface area (Å²) < 4.78 is 51.0. The molecule has 18 heavy (non-hydrogen) atoms. The summed E-state index contributed by atoms with van der Waals surface area (Å²) in [6.45, 7) is -1.43. The van der Waals surface area contributed by atoms with E-state index in [4.69, 9.17) is 15.9 Å². The minimum atomic E-state index is -4.20. The lowest BCUT2D eigenvalue weighted by molar-refractivity contribution is -0.0505. The van der Waals surface area contributed by atoms with Gasteiger partial charge < -0.3 is 4.74 Å². The SMILES string of the molecule is CCc1cc(C#N)c(S(=O)(=O)Cl)cc1OC(F)F. The van der Waals surface area contributed by atoms with E-state index in [1.54, 1.807) is 13.0 Å². The Balaban J connectivity index is 3.50. The molecule has 98 valence electrons. The third-order valence-corrected chi connectivity index (χ3v) is 3.50. The van der Waals surface area contributed by atoms with Gasteiger partial charge in [-0.05, 0) is 18.1 Å². The molecule has 8 heteroatoms. The summed E-state index contributed by atoms with van der Waals surface area (Å²) in [6.07, 6.45) is 0.305. The molecular formula is C10H8ClF2NO3S. The fourth-order valence-corrected chi connectivity index (χ4v) is 2.38. The van der Waals surface area contributed by atoms with Crippen molar-refractivity contribution in [1.29, 1.82) is 5.26 Å². The largest absolute Gasteiger partial charge is 0.434 e. The van der Waals surface area contributed by atoms with Crippen LogP contribution in [0.15, 0.2) is 17.0 Å². The van der Waals surface area contributed by atoms with Crippen molar-refractivity contribution in [3.8, 4) is 11.8 Å². The lowest BCUT2D eigenvalue weighted by atomic mass is 10.1. The van der Waals surface area contributed by atoms with Crippen molar-refractivity contribution in [2.24, 2.45) is 0 Å². The van der Waals surface area contributed by atoms with Crippen LogP contribution < -0.4 is 4.74 Å². The van der Waals surface area contributed by atoms with Crippen molar-refractivity contribution >= 4 is 19.7 Å². The Labute approximate surface area is 107 Å². The maximum absolute atomic E-state index is 12.2. The van der Waals surface area contributed by atoms with E-state index in [0.29, 0.717) is 12.0 Å². The molecule has 0 unspecified atom stereocenters. The molecule has 0 spiro atoms. The lowest BCUT2D eigenvalue weighted by Gasteiger charge is -2.11. The van der Waals surface area contributed by atoms with Crippen molar-refractivity contribution in [1.82, 2.24) is 0 Å². The molecule has 0 radical (unpaired) electrons. The Morgan fingerprint density at radius 3 is 2.50 bits per heavy atom. The minimum Gasteiger partial charge on any atom is -0.434 e. The molecule has 0 aliphatic carbocycles. The number of ether oxygens (including phenoxy) is 1. The fraction of sp³-hybridized carbons (Fsp3) is 0.300. The standard InChI is InChI=1S/C10H8ClF2NO3S/c1-2-6-3-7(5-14)9(18(11,15)16)4-8(6)17-10(12)13/h3-4,10H,2H2,1H3. The van der Waals surface area contributed by atoms with Crippen LogP contribution in [0.4, 0.5) is 8.78 Å². The molecule has 1 rings (SSSR count). The predicted octanol–water partition coefficient (Wildman–Crippen LogP) is 2.65. The van der Waals surface area contributed by atoms with E-state index < -0.39 is 20.6 Å². The molecule has 0 N–H and O–H groups in total. The average Bonchev–Trinajstić information content (AvgIpc) is 2.26. The highest BCUT2D eigenvalue weighted by molar-refractivity contribution is 8.13. The van der Waals surface area contributed by atoms with Crippen LogP contribution in [-0.4, -0.2) is 15.0 Å². The number of rotatable bonds is 4. The van der Waals surface area contributed by atoms with Crippen LogP contribution in [0.3, 0.4) is 0 Å². The highest BCUT2D eigenvalue weighted by Gasteiger charge is 2.20. The predicted molar refractivity (Wildman–Crippen MR) is 60.2 cm³/mol. The summed E-state index contributed by atoms with van der Waals surface area (Å²) in [7, 11) is 0.921. The highest BCUT2D eigenvalue weighted by atomic mass is 35.7. The molecule has 0 fully saturated rings. The van der Waals surface area contributed by atoms with E-state index in [1.807, 2.05) is 0 Å². The molecule has 0 aliphatic rings. The Bertz CT molecular complexity index is 596. The number of alkyl halides is 2. The second-order valence-electron chi connectivity index (χ2n) is 3.24. The van der Waals surface area contributed by atoms with Crippen molar-refractivity contribution in [3.05, 3.63) is 23.3 Å². The first-order valence-electron chi connectivity index (χ1n) is 4.76. The van der Waals surface area contributed by atoms with Gasteiger partial charge in [-0.15, -0.1) is 0 Å². The van der Waals surface area contributed by atoms with Crippen LogP contribution in [-0.2, 0) is 15.5 Å². The monoisotopic (exact) mass is 295 g/mol. The van der Waals surface area contributed by atoms with Gasteiger partial charge in [0.1, 0.15) is 16.7 Å². The van der Waals surface area contributed by atoms with Crippen LogP contribution in [0.5, 0.6) is 5.75 Å². The number of nitriles is 1. The topological polar surface area (TPSA) is 67.2 Å². The van der Waals surface area contributed by atoms with Gasteiger partial charge in [0.15, 0.2) is 0 Å². The van der Waals surface area contributed by atoms with Gasteiger partial charge in [0, 0.05) is 16.7 Å². The maximum Gasteiger partial charge on any atom is 0.387 e. The zero-order valence-electron chi connectivity index (χ0n) is 9.15. The van der Waals surface area contributed by atoms with Gasteiger partial charge in [-0.25, -0.2) is 8.42 Å². The Kier molecular flexibility index (Phi) is 4.48. The molecule has 1 aromatic rings. The Morgan fingerprint density at radius 1 is 1.50 bits per heavy atom. The number of hydrogen-bond donors (Lipinski definition) is 0. The van der Waals surface area contributed by atoms with Crippen molar-refractivity contribution in [2.45, 2.75) is 24.9 Å². The first-order chi connectivity index (χ1) is 8.29. The summed E-state index contributed by atoms with van der Waals surface area (Å²) >= 11 is 0. The number of halogens is 3. The van der Waals surface area contributed by atoms with E-state index in [1.165, 1.54) is 6.07 Å². The molecule has 4 nitrogen and oxygen atoms in total. The average molecular weight is 296 g/mol. The van der Waals surface area contributed by atoms with Crippen LogP contribution >= 0.6 is 10.7 Å². The van der Waals surface area contributed by atoms with E-state index >= 15 is 0 Å². The summed E-state index contributed by atoms with van der Waals surface area (Å²) in [4.78, 5) is -0.542.